The molecule has 0 bridgehead atoms. The third-order valence-corrected chi connectivity index (χ3v) is 5.60. The number of hydrogen-bond donors (Lipinski definition) is 1. The largest absolute Gasteiger partial charge is 0.283 e. The molecule has 1 N–H and O–H groups in total. The maximum atomic E-state index is 12.2. The average molecular weight is 384 g/mol. The lowest BCUT2D eigenvalue weighted by Crippen LogP contribution is -2.16. The number of carbonyl (C=O) groups excluding carboxylic acids is 1. The van der Waals surface area contributed by atoms with Gasteiger partial charge in [0.1, 0.15) is 4.88 Å². The van der Waals surface area contributed by atoms with Gasteiger partial charge in [-0.1, -0.05) is 65.1 Å². The Bertz CT molecular complexity index is 921. The molecule has 7 heteroatoms. The van der Waals surface area contributed by atoms with Crippen LogP contribution in [-0.4, -0.2) is 12.1 Å². The summed E-state index contributed by atoms with van der Waals surface area (Å²) in [5, 5.41) is 6.00. The molecule has 0 unspecified atom stereocenters. The molecule has 1 heterocycles. The smallest absolute Gasteiger partial charge is 0.266 e. The minimum Gasteiger partial charge on any atom is -0.266 e. The number of hydrogen-bond acceptors (Lipinski definition) is 3. The Kier molecular flexibility index (Phi) is 4.87. The van der Waals surface area contributed by atoms with Gasteiger partial charge in [-0.3, -0.25) is 4.79 Å². The first-order chi connectivity index (χ1) is 11.1. The van der Waals surface area contributed by atoms with E-state index in [0.29, 0.717) is 25.5 Å². The van der Waals surface area contributed by atoms with Gasteiger partial charge >= 0.3 is 0 Å². The van der Waals surface area contributed by atoms with E-state index in [1.165, 1.54) is 17.6 Å². The van der Waals surface area contributed by atoms with E-state index in [4.69, 9.17) is 34.8 Å². The van der Waals surface area contributed by atoms with Crippen molar-refractivity contribution in [3.8, 4) is 0 Å². The fourth-order valence-electron chi connectivity index (χ4n) is 1.99. The summed E-state index contributed by atoms with van der Waals surface area (Å²) in [5.41, 5.74) is 3.06. The SMILES string of the molecule is O=C(N/N=C/c1cccc(Cl)c1Cl)c1sc2ccccc2c1Cl. The highest BCUT2D eigenvalue weighted by Gasteiger charge is 2.16. The molecular formula is C16H9Cl3N2OS. The number of nitrogens with one attached hydrogen (secondary N) is 1. The van der Waals surface area contributed by atoms with Gasteiger partial charge in [0.15, 0.2) is 0 Å². The molecule has 3 rings (SSSR count). The molecule has 1 aromatic heterocycles. The van der Waals surface area contributed by atoms with Crippen LogP contribution >= 0.6 is 46.1 Å². The number of thiophene rings is 1. The van der Waals surface area contributed by atoms with Crippen molar-refractivity contribution in [2.75, 3.05) is 0 Å². The summed E-state index contributed by atoms with van der Waals surface area (Å²) >= 11 is 19.5. The van der Waals surface area contributed by atoms with Crippen molar-refractivity contribution in [3.63, 3.8) is 0 Å². The van der Waals surface area contributed by atoms with Gasteiger partial charge < -0.3 is 0 Å². The van der Waals surface area contributed by atoms with Gasteiger partial charge in [-0.2, -0.15) is 5.10 Å². The number of fused-ring (bicyclic) bond motifs is 1. The number of nitrogens with zero attached hydrogens (tertiary/aromatic N) is 1. The van der Waals surface area contributed by atoms with E-state index in [1.807, 2.05) is 24.3 Å². The van der Waals surface area contributed by atoms with E-state index in [1.54, 1.807) is 18.2 Å². The fourth-order valence-corrected chi connectivity index (χ4v) is 3.75. The first-order valence-electron chi connectivity index (χ1n) is 6.52. The molecule has 0 saturated carbocycles. The number of benzene rings is 2. The first-order valence-corrected chi connectivity index (χ1v) is 8.47. The third-order valence-electron chi connectivity index (χ3n) is 3.09. The molecule has 0 aliphatic heterocycles. The van der Waals surface area contributed by atoms with Crippen LogP contribution in [0.1, 0.15) is 15.2 Å². The van der Waals surface area contributed by atoms with E-state index in [0.717, 1.165) is 10.1 Å². The van der Waals surface area contributed by atoms with Crippen molar-refractivity contribution >= 4 is 68.3 Å². The highest BCUT2D eigenvalue weighted by atomic mass is 35.5. The Hall–Kier alpha value is -1.59. The fraction of sp³-hybridized carbons (Fsp3) is 0. The van der Waals surface area contributed by atoms with Crippen LogP contribution in [0.5, 0.6) is 0 Å². The van der Waals surface area contributed by atoms with Crippen molar-refractivity contribution in [1.29, 1.82) is 0 Å². The van der Waals surface area contributed by atoms with Crippen molar-refractivity contribution in [3.05, 3.63) is 68.0 Å². The first kappa shape index (κ1) is 16.3. The van der Waals surface area contributed by atoms with E-state index in [-0.39, 0.29) is 5.91 Å². The molecule has 23 heavy (non-hydrogen) atoms. The van der Waals surface area contributed by atoms with Crippen molar-refractivity contribution in [1.82, 2.24) is 5.43 Å². The lowest BCUT2D eigenvalue weighted by molar-refractivity contribution is 0.0959. The summed E-state index contributed by atoms with van der Waals surface area (Å²) in [7, 11) is 0. The molecule has 0 spiro atoms. The van der Waals surface area contributed by atoms with Gasteiger partial charge in [-0.25, -0.2) is 5.43 Å². The van der Waals surface area contributed by atoms with Crippen LogP contribution in [0.2, 0.25) is 15.1 Å². The number of rotatable bonds is 3. The zero-order valence-electron chi connectivity index (χ0n) is 11.5. The van der Waals surface area contributed by atoms with Gasteiger partial charge in [0.05, 0.1) is 21.3 Å². The molecule has 0 atom stereocenters. The topological polar surface area (TPSA) is 41.5 Å². The van der Waals surface area contributed by atoms with Crippen LogP contribution in [-0.2, 0) is 0 Å². The maximum Gasteiger partial charge on any atom is 0.283 e. The van der Waals surface area contributed by atoms with Crippen LogP contribution in [0.4, 0.5) is 0 Å². The molecule has 0 radical (unpaired) electrons. The third kappa shape index (κ3) is 3.35. The minimum absolute atomic E-state index is 0.370. The van der Waals surface area contributed by atoms with Gasteiger partial charge in [-0.05, 0) is 12.1 Å². The molecule has 3 nitrogen and oxygen atoms in total. The number of carbonyl (C=O) groups is 1. The normalized spacial score (nSPS) is 11.3. The number of hydrazone groups is 1. The van der Waals surface area contributed by atoms with E-state index < -0.39 is 0 Å². The minimum atomic E-state index is -0.370. The predicted molar refractivity (Wildman–Crippen MR) is 98.4 cm³/mol. The zero-order chi connectivity index (χ0) is 16.4. The standard InChI is InChI=1S/C16H9Cl3N2OS/c17-11-6-3-4-9(13(11)18)8-20-21-16(22)15-14(19)10-5-1-2-7-12(10)23-15/h1-8H,(H,21,22)/b20-8+. The summed E-state index contributed by atoms with van der Waals surface area (Å²) in [6.45, 7) is 0. The zero-order valence-corrected chi connectivity index (χ0v) is 14.6. The van der Waals surface area contributed by atoms with Crippen LogP contribution in [0.3, 0.4) is 0 Å². The highest BCUT2D eigenvalue weighted by molar-refractivity contribution is 7.21. The van der Waals surface area contributed by atoms with E-state index in [2.05, 4.69) is 10.5 Å². The molecule has 0 fully saturated rings. The summed E-state index contributed by atoms with van der Waals surface area (Å²) in [6.07, 6.45) is 1.44. The molecule has 0 saturated heterocycles. The predicted octanol–water partition coefficient (Wildman–Crippen LogP) is 5.63. The lowest BCUT2D eigenvalue weighted by atomic mass is 10.2. The van der Waals surface area contributed by atoms with Crippen molar-refractivity contribution < 1.29 is 4.79 Å². The van der Waals surface area contributed by atoms with Crippen molar-refractivity contribution in [2.45, 2.75) is 0 Å². The Labute approximate surface area is 151 Å². The average Bonchev–Trinajstić information content (AvgIpc) is 2.89. The number of amides is 1. The monoisotopic (exact) mass is 382 g/mol. The molecule has 0 aliphatic carbocycles. The van der Waals surface area contributed by atoms with Crippen LogP contribution in [0.15, 0.2) is 47.6 Å². The van der Waals surface area contributed by atoms with Crippen LogP contribution in [0, 0.1) is 0 Å². The Morgan fingerprint density at radius 3 is 2.61 bits per heavy atom. The summed E-state index contributed by atoms with van der Waals surface area (Å²) in [6, 6.07) is 12.7. The molecule has 116 valence electrons. The number of halogens is 3. The lowest BCUT2D eigenvalue weighted by Gasteiger charge is -2.00. The Morgan fingerprint density at radius 1 is 1.04 bits per heavy atom. The van der Waals surface area contributed by atoms with E-state index in [9.17, 15) is 4.79 Å². The van der Waals surface area contributed by atoms with Crippen molar-refractivity contribution in [2.24, 2.45) is 5.10 Å². The Morgan fingerprint density at radius 2 is 1.83 bits per heavy atom. The highest BCUT2D eigenvalue weighted by Crippen LogP contribution is 2.34. The van der Waals surface area contributed by atoms with Crippen LogP contribution in [0.25, 0.3) is 10.1 Å². The van der Waals surface area contributed by atoms with E-state index >= 15 is 0 Å². The molecule has 3 aromatic rings. The summed E-state index contributed by atoms with van der Waals surface area (Å²) in [5.74, 6) is -0.370. The maximum absolute atomic E-state index is 12.2. The molecule has 0 aliphatic rings. The van der Waals surface area contributed by atoms with Crippen LogP contribution < -0.4 is 5.43 Å². The summed E-state index contributed by atoms with van der Waals surface area (Å²) in [4.78, 5) is 12.6. The molecule has 2 aromatic carbocycles. The van der Waals surface area contributed by atoms with Gasteiger partial charge in [0.25, 0.3) is 5.91 Å². The van der Waals surface area contributed by atoms with Gasteiger partial charge in [0.2, 0.25) is 0 Å². The second kappa shape index (κ2) is 6.89. The van der Waals surface area contributed by atoms with Gasteiger partial charge in [-0.15, -0.1) is 11.3 Å². The second-order valence-corrected chi connectivity index (χ2v) is 6.80. The van der Waals surface area contributed by atoms with Gasteiger partial charge in [0, 0.05) is 15.6 Å². The Balaban J connectivity index is 1.80. The molecular weight excluding hydrogens is 375 g/mol. The second-order valence-electron chi connectivity index (χ2n) is 4.58. The molecule has 1 amide bonds. The quantitative estimate of drug-likeness (QED) is 0.462. The summed E-state index contributed by atoms with van der Waals surface area (Å²) < 4.78 is 0.949.